The minimum absolute atomic E-state index is 0.196. The van der Waals surface area contributed by atoms with Crippen LogP contribution in [0, 0.1) is 0 Å². The Morgan fingerprint density at radius 3 is 2.29 bits per heavy atom. The van der Waals surface area contributed by atoms with Crippen LogP contribution < -0.4 is 15.6 Å². The SMILES string of the molecule is CCOC(=O)c1ccc(NC(=O)C(Cc2ccccc2)n2cc(OC)c(-c3cc(Cl)ccc3C(C)=O)cc2=O)cc1. The highest BCUT2D eigenvalue weighted by Gasteiger charge is 2.25. The summed E-state index contributed by atoms with van der Waals surface area (Å²) in [7, 11) is 1.45. The highest BCUT2D eigenvalue weighted by Crippen LogP contribution is 2.34. The largest absolute Gasteiger partial charge is 0.495 e. The molecule has 0 saturated heterocycles. The number of benzene rings is 3. The zero-order valence-corrected chi connectivity index (χ0v) is 23.6. The van der Waals surface area contributed by atoms with E-state index in [1.54, 1.807) is 49.4 Å². The Kier molecular flexibility index (Phi) is 9.37. The zero-order chi connectivity index (χ0) is 29.5. The first kappa shape index (κ1) is 29.3. The summed E-state index contributed by atoms with van der Waals surface area (Å²) in [4.78, 5) is 51.6. The minimum atomic E-state index is -0.954. The first-order valence-electron chi connectivity index (χ1n) is 12.9. The second kappa shape index (κ2) is 13.1. The van der Waals surface area contributed by atoms with Gasteiger partial charge in [0.05, 0.1) is 25.5 Å². The number of pyridine rings is 1. The van der Waals surface area contributed by atoms with E-state index in [1.165, 1.54) is 30.9 Å². The molecule has 1 heterocycles. The molecule has 4 aromatic rings. The fourth-order valence-corrected chi connectivity index (χ4v) is 4.65. The van der Waals surface area contributed by atoms with Crippen molar-refractivity contribution in [1.29, 1.82) is 0 Å². The molecule has 0 bridgehead atoms. The van der Waals surface area contributed by atoms with Crippen LogP contribution >= 0.6 is 11.6 Å². The van der Waals surface area contributed by atoms with Gasteiger partial charge in [0.25, 0.3) is 5.56 Å². The van der Waals surface area contributed by atoms with Crippen molar-refractivity contribution in [2.45, 2.75) is 26.3 Å². The number of rotatable bonds is 10. The highest BCUT2D eigenvalue weighted by atomic mass is 35.5. The molecule has 0 spiro atoms. The number of esters is 1. The number of hydrogen-bond donors (Lipinski definition) is 1. The van der Waals surface area contributed by atoms with Gasteiger partial charge >= 0.3 is 5.97 Å². The van der Waals surface area contributed by atoms with Gasteiger partial charge in [-0.1, -0.05) is 41.9 Å². The molecule has 41 heavy (non-hydrogen) atoms. The van der Waals surface area contributed by atoms with Crippen molar-refractivity contribution in [3.8, 4) is 16.9 Å². The van der Waals surface area contributed by atoms with Crippen LogP contribution in [-0.4, -0.2) is 35.9 Å². The molecule has 9 heteroatoms. The van der Waals surface area contributed by atoms with Gasteiger partial charge in [0.15, 0.2) is 5.78 Å². The lowest BCUT2D eigenvalue weighted by Gasteiger charge is -2.22. The van der Waals surface area contributed by atoms with E-state index in [4.69, 9.17) is 21.1 Å². The number of amides is 1. The van der Waals surface area contributed by atoms with E-state index in [2.05, 4.69) is 5.32 Å². The summed E-state index contributed by atoms with van der Waals surface area (Å²) in [5.41, 5.74) is 2.40. The Morgan fingerprint density at radius 2 is 1.66 bits per heavy atom. The van der Waals surface area contributed by atoms with Gasteiger partial charge in [0, 0.05) is 34.3 Å². The molecule has 0 aliphatic heterocycles. The van der Waals surface area contributed by atoms with Gasteiger partial charge in [-0.15, -0.1) is 0 Å². The van der Waals surface area contributed by atoms with Crippen LogP contribution in [0.25, 0.3) is 11.1 Å². The number of ketones is 1. The molecule has 3 aromatic carbocycles. The first-order valence-corrected chi connectivity index (χ1v) is 13.3. The van der Waals surface area contributed by atoms with Gasteiger partial charge in [-0.3, -0.25) is 19.0 Å². The summed E-state index contributed by atoms with van der Waals surface area (Å²) < 4.78 is 12.0. The molecular formula is C32H29ClN2O6. The molecule has 0 fully saturated rings. The lowest BCUT2D eigenvalue weighted by molar-refractivity contribution is -0.119. The van der Waals surface area contributed by atoms with E-state index >= 15 is 0 Å². The topological polar surface area (TPSA) is 104 Å². The average Bonchev–Trinajstić information content (AvgIpc) is 2.96. The number of halogens is 1. The number of Topliss-reactive ketones (excluding diaryl/α,β-unsaturated/α-hetero) is 1. The molecule has 8 nitrogen and oxygen atoms in total. The maximum Gasteiger partial charge on any atom is 0.338 e. The monoisotopic (exact) mass is 572 g/mol. The molecule has 210 valence electrons. The zero-order valence-electron chi connectivity index (χ0n) is 22.8. The molecule has 1 unspecified atom stereocenters. The summed E-state index contributed by atoms with van der Waals surface area (Å²) in [5.74, 6) is -0.808. The van der Waals surface area contributed by atoms with Crippen molar-refractivity contribution in [3.05, 3.63) is 117 Å². The van der Waals surface area contributed by atoms with Gasteiger partial charge in [-0.05, 0) is 67.4 Å². The highest BCUT2D eigenvalue weighted by molar-refractivity contribution is 6.31. The van der Waals surface area contributed by atoms with Crippen LogP contribution in [0.1, 0.15) is 46.2 Å². The summed E-state index contributed by atoms with van der Waals surface area (Å²) in [6.07, 6.45) is 1.69. The third-order valence-electron chi connectivity index (χ3n) is 6.49. The molecule has 1 atom stereocenters. The van der Waals surface area contributed by atoms with Crippen LogP contribution in [0.15, 0.2) is 89.9 Å². The van der Waals surface area contributed by atoms with Crippen LogP contribution in [0.5, 0.6) is 5.75 Å². The number of aromatic nitrogens is 1. The Bertz CT molecular complexity index is 1630. The van der Waals surface area contributed by atoms with Gasteiger partial charge in [0.1, 0.15) is 11.8 Å². The maximum atomic E-state index is 13.7. The smallest absolute Gasteiger partial charge is 0.338 e. The fraction of sp³-hybridized carbons (Fsp3) is 0.188. The first-order chi connectivity index (χ1) is 19.7. The minimum Gasteiger partial charge on any atom is -0.495 e. The average molecular weight is 573 g/mol. The van der Waals surface area contributed by atoms with Crippen molar-refractivity contribution >= 4 is 34.9 Å². The Balaban J connectivity index is 1.75. The molecular weight excluding hydrogens is 544 g/mol. The summed E-state index contributed by atoms with van der Waals surface area (Å²) in [6, 6.07) is 20.8. The van der Waals surface area contributed by atoms with E-state index in [0.717, 1.165) is 5.56 Å². The van der Waals surface area contributed by atoms with Gasteiger partial charge in [-0.2, -0.15) is 0 Å². The number of nitrogens with zero attached hydrogens (tertiary/aromatic N) is 1. The standard InChI is InChI=1S/C32H29ClN2O6/c1-4-41-32(39)22-10-13-24(14-11-22)34-31(38)28(16-21-8-6-5-7-9-21)35-19-29(40-3)27(18-30(35)37)26-17-23(33)12-15-25(26)20(2)36/h5-15,17-19,28H,4,16H2,1-3H3,(H,34,38). The third-order valence-corrected chi connectivity index (χ3v) is 6.72. The molecule has 0 aliphatic carbocycles. The number of carbonyl (C=O) groups excluding carboxylic acids is 3. The van der Waals surface area contributed by atoms with E-state index in [0.29, 0.717) is 38.7 Å². The molecule has 0 radical (unpaired) electrons. The van der Waals surface area contributed by atoms with E-state index in [1.807, 2.05) is 30.3 Å². The number of hydrogen-bond acceptors (Lipinski definition) is 6. The van der Waals surface area contributed by atoms with E-state index in [-0.39, 0.29) is 18.8 Å². The number of carbonyl (C=O) groups is 3. The van der Waals surface area contributed by atoms with Crippen LogP contribution in [0.2, 0.25) is 5.02 Å². The van der Waals surface area contributed by atoms with Crippen LogP contribution in [0.3, 0.4) is 0 Å². The van der Waals surface area contributed by atoms with Crippen molar-refractivity contribution in [2.75, 3.05) is 19.0 Å². The molecule has 0 saturated carbocycles. The summed E-state index contributed by atoms with van der Waals surface area (Å²) in [5, 5.41) is 3.24. The van der Waals surface area contributed by atoms with Gasteiger partial charge < -0.3 is 14.8 Å². The van der Waals surface area contributed by atoms with Crippen LogP contribution in [-0.2, 0) is 16.0 Å². The van der Waals surface area contributed by atoms with Gasteiger partial charge in [-0.25, -0.2) is 4.79 Å². The number of nitrogens with one attached hydrogen (secondary N) is 1. The number of methoxy groups -OCH3 is 1. The Morgan fingerprint density at radius 1 is 0.951 bits per heavy atom. The maximum absolute atomic E-state index is 13.7. The molecule has 0 aliphatic rings. The van der Waals surface area contributed by atoms with Crippen molar-refractivity contribution in [1.82, 2.24) is 4.57 Å². The van der Waals surface area contributed by atoms with Crippen LogP contribution in [0.4, 0.5) is 5.69 Å². The normalized spacial score (nSPS) is 11.4. The Labute approximate surface area is 242 Å². The predicted molar refractivity (Wildman–Crippen MR) is 158 cm³/mol. The van der Waals surface area contributed by atoms with Crippen molar-refractivity contribution in [2.24, 2.45) is 0 Å². The lowest BCUT2D eigenvalue weighted by atomic mass is 9.97. The third kappa shape index (κ3) is 6.91. The molecule has 1 amide bonds. The summed E-state index contributed by atoms with van der Waals surface area (Å²) in [6.45, 7) is 3.41. The van der Waals surface area contributed by atoms with Crippen molar-refractivity contribution < 1.29 is 23.9 Å². The van der Waals surface area contributed by atoms with E-state index < -0.39 is 23.5 Å². The van der Waals surface area contributed by atoms with E-state index in [9.17, 15) is 19.2 Å². The molecule has 1 aromatic heterocycles. The fourth-order valence-electron chi connectivity index (χ4n) is 4.48. The van der Waals surface area contributed by atoms with Crippen molar-refractivity contribution in [3.63, 3.8) is 0 Å². The number of anilines is 1. The Hall–Kier alpha value is -4.69. The quantitative estimate of drug-likeness (QED) is 0.185. The van der Waals surface area contributed by atoms with Gasteiger partial charge in [0.2, 0.25) is 5.91 Å². The molecule has 1 N–H and O–H groups in total. The molecule has 4 rings (SSSR count). The summed E-state index contributed by atoms with van der Waals surface area (Å²) >= 11 is 6.23. The predicted octanol–water partition coefficient (Wildman–Crippen LogP) is 5.98. The lowest BCUT2D eigenvalue weighted by Crippen LogP contribution is -2.34. The number of ether oxygens (including phenoxy) is 2. The second-order valence-corrected chi connectivity index (χ2v) is 9.68. The second-order valence-electron chi connectivity index (χ2n) is 9.24.